The van der Waals surface area contributed by atoms with Crippen molar-refractivity contribution in [3.63, 3.8) is 0 Å². The second-order valence-corrected chi connectivity index (χ2v) is 4.66. The fraction of sp³-hybridized carbons (Fsp3) is 0. The van der Waals surface area contributed by atoms with Crippen molar-refractivity contribution in [2.75, 3.05) is 0 Å². The number of halogens is 1. The second-order valence-electron chi connectivity index (χ2n) is 1.49. The van der Waals surface area contributed by atoms with Gasteiger partial charge in [-0.25, -0.2) is 0 Å². The number of hydrogen-bond acceptors (Lipinski definition) is 0. The molecule has 0 spiro atoms. The van der Waals surface area contributed by atoms with E-state index in [0.29, 0.717) is 0 Å². The SMILES string of the molecule is [Hg+][c]1ccccc1.[I-]. The Morgan fingerprint density at radius 2 is 1.50 bits per heavy atom. The van der Waals surface area contributed by atoms with Crippen LogP contribution in [0.5, 0.6) is 0 Å². The zero-order chi connectivity index (χ0) is 5.11. The smallest absolute Gasteiger partial charge is 1.00 e. The number of hydrogen-bond donors (Lipinski definition) is 0. The Bertz CT molecular complexity index is 138. The van der Waals surface area contributed by atoms with Crippen LogP contribution in [0.1, 0.15) is 0 Å². The van der Waals surface area contributed by atoms with Gasteiger partial charge in [0.15, 0.2) is 0 Å². The van der Waals surface area contributed by atoms with Crippen LogP contribution in [0.15, 0.2) is 30.3 Å². The average molecular weight is 405 g/mol. The van der Waals surface area contributed by atoms with Gasteiger partial charge < -0.3 is 24.0 Å². The van der Waals surface area contributed by atoms with Crippen molar-refractivity contribution in [3.8, 4) is 0 Å². The largest absolute Gasteiger partial charge is 1.00 e. The maximum atomic E-state index is 2.17. The fourth-order valence-corrected chi connectivity index (χ4v) is 1.54. The first-order valence-electron chi connectivity index (χ1n) is 2.26. The van der Waals surface area contributed by atoms with Gasteiger partial charge in [0.2, 0.25) is 0 Å². The number of benzene rings is 1. The molecule has 2 heteroatoms. The minimum Gasteiger partial charge on any atom is -1.00 e. The molecule has 0 aliphatic carbocycles. The Balaban J connectivity index is 0.000000490. The average Bonchev–Trinajstić information content (AvgIpc) is 1.69. The summed E-state index contributed by atoms with van der Waals surface area (Å²) >= 11 is 0.810. The monoisotopic (exact) mass is 406 g/mol. The Hall–Kier alpha value is 0.885. The second kappa shape index (κ2) is 4.73. The Morgan fingerprint density at radius 1 is 1.00 bits per heavy atom. The molecular weight excluding hydrogens is 400 g/mol. The summed E-state index contributed by atoms with van der Waals surface area (Å²) in [5, 5.41) is 0. The molecule has 0 atom stereocenters. The van der Waals surface area contributed by atoms with Gasteiger partial charge in [-0.2, -0.15) is 0 Å². The predicted molar refractivity (Wildman–Crippen MR) is 26.1 cm³/mol. The van der Waals surface area contributed by atoms with Gasteiger partial charge in [-0.05, 0) is 0 Å². The first-order chi connectivity index (χ1) is 3.39. The van der Waals surface area contributed by atoms with Gasteiger partial charge >= 0.3 is 59.5 Å². The molecule has 0 nitrogen and oxygen atoms in total. The van der Waals surface area contributed by atoms with Crippen LogP contribution in [0.25, 0.3) is 0 Å². The molecule has 0 saturated carbocycles. The molecule has 38 valence electrons. The molecule has 0 saturated heterocycles. The van der Waals surface area contributed by atoms with Gasteiger partial charge in [0.25, 0.3) is 0 Å². The third kappa shape index (κ3) is 3.02. The normalized spacial score (nSPS) is 7.75. The maximum Gasteiger partial charge on any atom is -1.00 e. The van der Waals surface area contributed by atoms with Crippen LogP contribution in [0.4, 0.5) is 0 Å². The van der Waals surface area contributed by atoms with E-state index in [1.807, 2.05) is 0 Å². The van der Waals surface area contributed by atoms with Crippen LogP contribution >= 0.6 is 0 Å². The molecule has 0 heterocycles. The molecule has 8 heavy (non-hydrogen) atoms. The Labute approximate surface area is 82.7 Å². The summed E-state index contributed by atoms with van der Waals surface area (Å²) in [6.07, 6.45) is 0. The van der Waals surface area contributed by atoms with Crippen LogP contribution in [0.3, 0.4) is 0 Å². The van der Waals surface area contributed by atoms with Gasteiger partial charge in [-0.1, -0.05) is 0 Å². The molecule has 0 N–H and O–H groups in total. The first-order valence-corrected chi connectivity index (χ1v) is 5.01. The van der Waals surface area contributed by atoms with E-state index in [-0.39, 0.29) is 24.0 Å². The van der Waals surface area contributed by atoms with E-state index in [1.165, 1.54) is 3.07 Å². The van der Waals surface area contributed by atoms with Gasteiger partial charge in [0.05, 0.1) is 0 Å². The first kappa shape index (κ1) is 8.89. The van der Waals surface area contributed by atoms with Crippen molar-refractivity contribution in [1.29, 1.82) is 0 Å². The Morgan fingerprint density at radius 3 is 1.75 bits per heavy atom. The van der Waals surface area contributed by atoms with Crippen molar-refractivity contribution in [1.82, 2.24) is 0 Å². The van der Waals surface area contributed by atoms with E-state index < -0.39 is 0 Å². The molecule has 0 aliphatic heterocycles. The molecule has 1 aromatic carbocycles. The van der Waals surface area contributed by atoms with Crippen LogP contribution in [0, 0.1) is 0 Å². The van der Waals surface area contributed by atoms with Gasteiger partial charge in [0, 0.05) is 0 Å². The maximum absolute atomic E-state index is 2.17. The Kier molecular flexibility index (Phi) is 5.26. The summed E-state index contributed by atoms with van der Waals surface area (Å²) in [7, 11) is 0. The zero-order valence-corrected chi connectivity index (χ0v) is 12.1. The van der Waals surface area contributed by atoms with E-state index >= 15 is 0 Å². The van der Waals surface area contributed by atoms with Crippen LogP contribution in [-0.4, -0.2) is 0 Å². The summed E-state index contributed by atoms with van der Waals surface area (Å²) < 4.78 is 1.52. The minimum absolute atomic E-state index is 0. The fourth-order valence-electron chi connectivity index (χ4n) is 0.478. The van der Waals surface area contributed by atoms with Gasteiger partial charge in [-0.3, -0.25) is 0 Å². The van der Waals surface area contributed by atoms with Gasteiger partial charge in [0.1, 0.15) is 0 Å². The number of rotatable bonds is 0. The van der Waals surface area contributed by atoms with Crippen LogP contribution < -0.4 is 27.0 Å². The van der Waals surface area contributed by atoms with Gasteiger partial charge in [-0.15, -0.1) is 0 Å². The van der Waals surface area contributed by atoms with E-state index in [2.05, 4.69) is 30.3 Å². The quantitative estimate of drug-likeness (QED) is 0.342. The van der Waals surface area contributed by atoms with Crippen molar-refractivity contribution < 1.29 is 50.1 Å². The molecular formula is C6H5HgI. The van der Waals surface area contributed by atoms with Crippen molar-refractivity contribution in [2.24, 2.45) is 0 Å². The minimum atomic E-state index is 0. The summed E-state index contributed by atoms with van der Waals surface area (Å²) in [5.41, 5.74) is 0. The summed E-state index contributed by atoms with van der Waals surface area (Å²) in [4.78, 5) is 0. The zero-order valence-electron chi connectivity index (χ0n) is 4.47. The van der Waals surface area contributed by atoms with E-state index in [0.717, 1.165) is 26.1 Å². The summed E-state index contributed by atoms with van der Waals surface area (Å²) in [6, 6.07) is 10.6. The third-order valence-electron chi connectivity index (χ3n) is 0.843. The summed E-state index contributed by atoms with van der Waals surface area (Å²) in [5.74, 6) is 0. The van der Waals surface area contributed by atoms with Crippen molar-refractivity contribution >= 4 is 3.07 Å². The third-order valence-corrected chi connectivity index (χ3v) is 2.68. The van der Waals surface area contributed by atoms with E-state index in [1.54, 1.807) is 0 Å². The molecule has 1 aromatic rings. The topological polar surface area (TPSA) is 0 Å². The molecule has 0 radical (unpaired) electrons. The standard InChI is InChI=1S/C6H5.Hg.HI/c1-2-4-6-5-3-1;;/h1-5H;;1H/q;+1;/p-1. The summed E-state index contributed by atoms with van der Waals surface area (Å²) in [6.45, 7) is 0. The molecule has 0 amide bonds. The molecule has 0 unspecified atom stereocenters. The molecule has 0 aromatic heterocycles. The van der Waals surface area contributed by atoms with Crippen molar-refractivity contribution in [2.45, 2.75) is 0 Å². The van der Waals surface area contributed by atoms with Crippen LogP contribution in [-0.2, 0) is 26.1 Å². The van der Waals surface area contributed by atoms with Crippen molar-refractivity contribution in [3.05, 3.63) is 30.3 Å². The van der Waals surface area contributed by atoms with E-state index in [9.17, 15) is 0 Å². The van der Waals surface area contributed by atoms with E-state index in [4.69, 9.17) is 0 Å². The molecule has 0 bridgehead atoms. The van der Waals surface area contributed by atoms with Crippen LogP contribution in [0.2, 0.25) is 0 Å². The molecule has 0 fully saturated rings. The molecule has 1 rings (SSSR count). The predicted octanol–water partition coefficient (Wildman–Crippen LogP) is -2.14. The molecule has 0 aliphatic rings.